The summed E-state index contributed by atoms with van der Waals surface area (Å²) in [4.78, 5) is 10.6. The van der Waals surface area contributed by atoms with Crippen molar-refractivity contribution in [1.29, 1.82) is 0 Å². The first-order chi connectivity index (χ1) is 9.60. The van der Waals surface area contributed by atoms with Gasteiger partial charge in [-0.2, -0.15) is 0 Å². The summed E-state index contributed by atoms with van der Waals surface area (Å²) >= 11 is 0. The number of aliphatic hydroxyl groups is 1. The molecule has 1 rings (SSSR count). The molecule has 0 spiro atoms. The van der Waals surface area contributed by atoms with Crippen LogP contribution in [0.15, 0.2) is 6.07 Å². The maximum absolute atomic E-state index is 9.78. The molecule has 0 radical (unpaired) electrons. The molecule has 1 atom stereocenters. The van der Waals surface area contributed by atoms with E-state index >= 15 is 0 Å². The molecule has 0 fully saturated rings. The van der Waals surface area contributed by atoms with Gasteiger partial charge in [0.15, 0.2) is 5.82 Å². The van der Waals surface area contributed by atoms with Crippen LogP contribution in [-0.4, -0.2) is 62.1 Å². The van der Waals surface area contributed by atoms with Gasteiger partial charge >= 0.3 is 0 Å². The Hall–Kier alpha value is -1.44. The van der Waals surface area contributed by atoms with E-state index in [0.717, 1.165) is 18.2 Å². The van der Waals surface area contributed by atoms with E-state index in [-0.39, 0.29) is 0 Å². The van der Waals surface area contributed by atoms with Crippen molar-refractivity contribution in [3.8, 4) is 0 Å². The van der Waals surface area contributed by atoms with Gasteiger partial charge in [0.2, 0.25) is 0 Å². The number of aromatic nitrogens is 2. The zero-order valence-corrected chi connectivity index (χ0v) is 12.6. The molecule has 20 heavy (non-hydrogen) atoms. The molecule has 1 aromatic rings. The van der Waals surface area contributed by atoms with E-state index in [0.29, 0.717) is 25.6 Å². The summed E-state index contributed by atoms with van der Waals surface area (Å²) in [5.74, 6) is 2.09. The van der Waals surface area contributed by atoms with Crippen LogP contribution < -0.4 is 10.2 Å². The van der Waals surface area contributed by atoms with Crippen LogP contribution in [0.4, 0.5) is 11.6 Å². The molecular weight excluding hydrogens is 260 g/mol. The van der Waals surface area contributed by atoms with Gasteiger partial charge in [0.25, 0.3) is 0 Å². The topological polar surface area (TPSA) is 79.7 Å². The molecule has 0 aliphatic carbocycles. The predicted molar refractivity (Wildman–Crippen MR) is 78.1 cm³/mol. The minimum Gasteiger partial charge on any atom is -0.389 e. The maximum Gasteiger partial charge on any atom is 0.158 e. The van der Waals surface area contributed by atoms with Crippen LogP contribution in [-0.2, 0) is 16.1 Å². The van der Waals surface area contributed by atoms with Crippen molar-refractivity contribution in [3.63, 3.8) is 0 Å². The number of anilines is 2. The lowest BCUT2D eigenvalue weighted by Gasteiger charge is -2.22. The Labute approximate surface area is 119 Å². The standard InChI is InChI=1S/C13H24N4O3/c1-5-14-11-6-13(16-12(15-11)9-20-4)17(2)7-10(18)8-19-3/h6,10,18H,5,7-9H2,1-4H3,(H,14,15,16). The summed E-state index contributed by atoms with van der Waals surface area (Å²) in [5, 5.41) is 12.9. The van der Waals surface area contributed by atoms with E-state index in [2.05, 4.69) is 15.3 Å². The van der Waals surface area contributed by atoms with Gasteiger partial charge in [-0.05, 0) is 6.92 Å². The summed E-state index contributed by atoms with van der Waals surface area (Å²) in [6.45, 7) is 3.85. The van der Waals surface area contributed by atoms with Gasteiger partial charge in [-0.1, -0.05) is 0 Å². The SMILES string of the molecule is CCNc1cc(N(C)CC(O)COC)nc(COC)n1. The molecule has 1 heterocycles. The monoisotopic (exact) mass is 284 g/mol. The van der Waals surface area contributed by atoms with Gasteiger partial charge in [0.1, 0.15) is 18.2 Å². The average Bonchev–Trinajstić information content (AvgIpc) is 2.39. The second-order valence-corrected chi connectivity index (χ2v) is 4.48. The van der Waals surface area contributed by atoms with Gasteiger partial charge in [0.05, 0.1) is 12.7 Å². The number of rotatable bonds is 9. The molecule has 0 saturated carbocycles. The van der Waals surface area contributed by atoms with Crippen LogP contribution in [0.2, 0.25) is 0 Å². The average molecular weight is 284 g/mol. The summed E-state index contributed by atoms with van der Waals surface area (Å²) in [7, 11) is 5.04. The first-order valence-corrected chi connectivity index (χ1v) is 6.59. The Balaban J connectivity index is 2.85. The first-order valence-electron chi connectivity index (χ1n) is 6.59. The van der Waals surface area contributed by atoms with Gasteiger partial charge in [-0.15, -0.1) is 0 Å². The molecule has 0 aromatic carbocycles. The van der Waals surface area contributed by atoms with Gasteiger partial charge in [-0.25, -0.2) is 9.97 Å². The third kappa shape index (κ3) is 5.28. The number of hydrogen-bond acceptors (Lipinski definition) is 7. The minimum absolute atomic E-state index is 0.292. The maximum atomic E-state index is 9.78. The lowest BCUT2D eigenvalue weighted by atomic mass is 10.3. The number of likely N-dealkylation sites (N-methyl/N-ethyl adjacent to an activating group) is 1. The highest BCUT2D eigenvalue weighted by Crippen LogP contribution is 2.15. The molecule has 0 aliphatic rings. The molecule has 0 saturated heterocycles. The molecule has 7 heteroatoms. The van der Waals surface area contributed by atoms with E-state index in [1.54, 1.807) is 14.2 Å². The summed E-state index contributed by atoms with van der Waals surface area (Å²) in [6, 6.07) is 1.85. The van der Waals surface area contributed by atoms with Gasteiger partial charge < -0.3 is 24.8 Å². The number of nitrogens with zero attached hydrogens (tertiary/aromatic N) is 3. The van der Waals surface area contributed by atoms with Crippen molar-refractivity contribution >= 4 is 11.6 Å². The normalized spacial score (nSPS) is 12.2. The van der Waals surface area contributed by atoms with Crippen LogP contribution in [0.1, 0.15) is 12.7 Å². The highest BCUT2D eigenvalue weighted by Gasteiger charge is 2.12. The number of aliphatic hydroxyl groups excluding tert-OH is 1. The zero-order chi connectivity index (χ0) is 15.0. The van der Waals surface area contributed by atoms with E-state index in [4.69, 9.17) is 9.47 Å². The van der Waals surface area contributed by atoms with Crippen LogP contribution in [0, 0.1) is 0 Å². The molecule has 114 valence electrons. The fourth-order valence-electron chi connectivity index (χ4n) is 1.80. The molecule has 2 N–H and O–H groups in total. The molecule has 0 bridgehead atoms. The van der Waals surface area contributed by atoms with Crippen molar-refractivity contribution in [2.24, 2.45) is 0 Å². The minimum atomic E-state index is -0.562. The van der Waals surface area contributed by atoms with Crippen molar-refractivity contribution in [3.05, 3.63) is 11.9 Å². The Kier molecular flexibility index (Phi) is 7.21. The Morgan fingerprint density at radius 3 is 2.70 bits per heavy atom. The quantitative estimate of drug-likeness (QED) is 0.683. The molecule has 0 aliphatic heterocycles. The third-order valence-corrected chi connectivity index (χ3v) is 2.63. The number of nitrogens with one attached hydrogen (secondary N) is 1. The largest absolute Gasteiger partial charge is 0.389 e. The zero-order valence-electron chi connectivity index (χ0n) is 12.6. The molecule has 7 nitrogen and oxygen atoms in total. The second-order valence-electron chi connectivity index (χ2n) is 4.48. The lowest BCUT2D eigenvalue weighted by molar-refractivity contribution is 0.0694. The lowest BCUT2D eigenvalue weighted by Crippen LogP contribution is -2.32. The summed E-state index contributed by atoms with van der Waals surface area (Å²) < 4.78 is 10.00. The van der Waals surface area contributed by atoms with Gasteiger partial charge in [-0.3, -0.25) is 0 Å². The van der Waals surface area contributed by atoms with Crippen LogP contribution in [0.3, 0.4) is 0 Å². The third-order valence-electron chi connectivity index (χ3n) is 2.63. The Morgan fingerprint density at radius 2 is 2.10 bits per heavy atom. The van der Waals surface area contributed by atoms with E-state index < -0.39 is 6.10 Å². The predicted octanol–water partition coefficient (Wildman–Crippen LogP) is 0.498. The van der Waals surface area contributed by atoms with Crippen LogP contribution in [0.5, 0.6) is 0 Å². The fraction of sp³-hybridized carbons (Fsp3) is 0.692. The van der Waals surface area contributed by atoms with E-state index in [9.17, 15) is 5.11 Å². The van der Waals surface area contributed by atoms with Crippen molar-refractivity contribution < 1.29 is 14.6 Å². The number of ether oxygens (including phenoxy) is 2. The fourth-order valence-corrected chi connectivity index (χ4v) is 1.80. The summed E-state index contributed by atoms with van der Waals surface area (Å²) in [6.07, 6.45) is -0.562. The number of hydrogen-bond donors (Lipinski definition) is 2. The highest BCUT2D eigenvalue weighted by molar-refractivity contribution is 5.49. The molecular formula is C13H24N4O3. The molecule has 0 amide bonds. The number of methoxy groups -OCH3 is 2. The molecule has 1 aromatic heterocycles. The van der Waals surface area contributed by atoms with Crippen molar-refractivity contribution in [2.45, 2.75) is 19.6 Å². The van der Waals surface area contributed by atoms with Crippen LogP contribution in [0.25, 0.3) is 0 Å². The summed E-state index contributed by atoms with van der Waals surface area (Å²) in [5.41, 5.74) is 0. The van der Waals surface area contributed by atoms with Crippen molar-refractivity contribution in [2.75, 3.05) is 51.2 Å². The van der Waals surface area contributed by atoms with Crippen molar-refractivity contribution in [1.82, 2.24) is 9.97 Å². The second kappa shape index (κ2) is 8.68. The highest BCUT2D eigenvalue weighted by atomic mass is 16.5. The van der Waals surface area contributed by atoms with E-state index in [1.807, 2.05) is 24.9 Å². The van der Waals surface area contributed by atoms with E-state index in [1.165, 1.54) is 0 Å². The smallest absolute Gasteiger partial charge is 0.158 e. The Morgan fingerprint density at radius 1 is 1.35 bits per heavy atom. The first kappa shape index (κ1) is 16.6. The van der Waals surface area contributed by atoms with Crippen LogP contribution >= 0.6 is 0 Å². The molecule has 1 unspecified atom stereocenters. The Bertz CT molecular complexity index is 379. The van der Waals surface area contributed by atoms with Gasteiger partial charge in [0, 0.05) is 40.4 Å².